The van der Waals surface area contributed by atoms with Crippen LogP contribution in [-0.4, -0.2) is 86.6 Å². The molecule has 4 heterocycles. The molecule has 0 spiro atoms. The monoisotopic (exact) mass is 501 g/mol. The number of rotatable bonds is 6. The number of hydrogen-bond acceptors (Lipinski definition) is 10. The molecule has 4 atom stereocenters. The fourth-order valence-corrected chi connectivity index (χ4v) is 5.67. The zero-order valence-corrected chi connectivity index (χ0v) is 20.2. The third-order valence-electron chi connectivity index (χ3n) is 6.31. The Balaban J connectivity index is 1.61. The summed E-state index contributed by atoms with van der Waals surface area (Å²) in [6, 6.07) is -0.0634. The highest BCUT2D eigenvalue weighted by Crippen LogP contribution is 2.44. The van der Waals surface area contributed by atoms with Crippen molar-refractivity contribution < 1.29 is 39.0 Å². The summed E-state index contributed by atoms with van der Waals surface area (Å²) in [5.74, 6) is 0.439. The fourth-order valence-electron chi connectivity index (χ4n) is 5.09. The highest BCUT2D eigenvalue weighted by atomic mass is 31.2. The van der Waals surface area contributed by atoms with E-state index in [0.29, 0.717) is 29.8 Å². The number of aromatic nitrogens is 4. The molecule has 189 valence electrons. The first-order chi connectivity index (χ1) is 15.7. The second-order valence-electron chi connectivity index (χ2n) is 10.0. The molecule has 0 aliphatic carbocycles. The van der Waals surface area contributed by atoms with E-state index in [9.17, 15) is 20.0 Å². The third-order valence-corrected chi connectivity index (χ3v) is 6.83. The van der Waals surface area contributed by atoms with Gasteiger partial charge in [-0.3, -0.25) is 9.09 Å². The van der Waals surface area contributed by atoms with Crippen LogP contribution < -0.4 is 5.32 Å². The van der Waals surface area contributed by atoms with Gasteiger partial charge in [-0.1, -0.05) is 0 Å². The van der Waals surface area contributed by atoms with E-state index < -0.39 is 50.0 Å². The Hall–Kier alpha value is -1.74. The molecule has 2 aliphatic heterocycles. The van der Waals surface area contributed by atoms with Crippen LogP contribution >= 0.6 is 7.82 Å². The fraction of sp³-hybridized carbons (Fsp3) is 0.737. The molecule has 2 aromatic heterocycles. The number of nitrogens with one attached hydrogen (secondary N) is 1. The minimum absolute atomic E-state index is 0.0634. The Bertz CT molecular complexity index is 1070. The van der Waals surface area contributed by atoms with Crippen molar-refractivity contribution in [1.29, 1.82) is 0 Å². The first kappa shape index (κ1) is 25.4. The zero-order valence-electron chi connectivity index (χ0n) is 19.3. The van der Waals surface area contributed by atoms with Crippen molar-refractivity contribution in [2.24, 2.45) is 0 Å². The van der Waals surface area contributed by atoms with Crippen LogP contribution in [0.5, 0.6) is 0 Å². The van der Waals surface area contributed by atoms with Crippen LogP contribution in [0.25, 0.3) is 11.2 Å². The number of piperidine rings is 1. The van der Waals surface area contributed by atoms with E-state index in [1.807, 2.05) is 27.7 Å². The van der Waals surface area contributed by atoms with Gasteiger partial charge in [0.05, 0.1) is 12.9 Å². The van der Waals surface area contributed by atoms with E-state index in [1.165, 1.54) is 17.2 Å². The molecule has 1 radical (unpaired) electrons. The van der Waals surface area contributed by atoms with Gasteiger partial charge in [0.15, 0.2) is 23.2 Å². The van der Waals surface area contributed by atoms with Crippen molar-refractivity contribution in [3.8, 4) is 0 Å². The summed E-state index contributed by atoms with van der Waals surface area (Å²) in [5.41, 5.74) is -0.479. The Kier molecular flexibility index (Phi) is 6.51. The van der Waals surface area contributed by atoms with Gasteiger partial charge < -0.3 is 30.1 Å². The summed E-state index contributed by atoms with van der Waals surface area (Å²) in [6.07, 6.45) is -1.48. The molecular weight excluding hydrogens is 471 g/mol. The van der Waals surface area contributed by atoms with E-state index in [2.05, 4.69) is 24.8 Å². The number of aliphatic hydroxyl groups is 2. The van der Waals surface area contributed by atoms with Crippen LogP contribution in [0.2, 0.25) is 0 Å². The molecule has 15 heteroatoms. The molecule has 2 aromatic rings. The Morgan fingerprint density at radius 1 is 1.21 bits per heavy atom. The predicted molar refractivity (Wildman–Crippen MR) is 117 cm³/mol. The highest BCUT2D eigenvalue weighted by Gasteiger charge is 2.49. The van der Waals surface area contributed by atoms with E-state index in [-0.39, 0.29) is 6.04 Å². The number of phosphoric acid groups is 1. The molecule has 14 nitrogen and oxygen atoms in total. The maximum Gasteiger partial charge on any atom is 0.470 e. The predicted octanol–water partition coefficient (Wildman–Crippen LogP) is 0.334. The van der Waals surface area contributed by atoms with Gasteiger partial charge in [-0.15, -0.1) is 10.3 Å². The maximum atomic E-state index is 12.7. The molecule has 5 N–H and O–H groups in total. The molecule has 0 aromatic carbocycles. The number of imidazole rings is 1. The standard InChI is InChI=1S/C19H30N6O8P/c1-18(2)5-10(6-19(3,4)25(18)28)23-15-12-16(21-8-20-15)24(9-22-12)17-13(27)14(11(7-26)32-17)33-34(29,30)31/h8-11,13-14,17,26-27H,5-7H2,1-4H3,(H,20,21,23)(H2,29,30,31)/t11-,13-,14-,17-/m1/s1. The van der Waals surface area contributed by atoms with Crippen molar-refractivity contribution in [3.05, 3.63) is 12.7 Å². The lowest BCUT2D eigenvalue weighted by Crippen LogP contribution is -2.60. The molecule has 34 heavy (non-hydrogen) atoms. The van der Waals surface area contributed by atoms with Crippen LogP contribution in [0.4, 0.5) is 5.82 Å². The third kappa shape index (κ3) is 4.70. The lowest BCUT2D eigenvalue weighted by molar-refractivity contribution is -0.288. The van der Waals surface area contributed by atoms with Gasteiger partial charge in [-0.2, -0.15) is 0 Å². The molecule has 2 fully saturated rings. The minimum Gasteiger partial charge on any atom is -0.394 e. The van der Waals surface area contributed by atoms with Crippen LogP contribution in [0.15, 0.2) is 12.7 Å². The first-order valence-corrected chi connectivity index (χ1v) is 12.4. The van der Waals surface area contributed by atoms with Crippen LogP contribution in [-0.2, 0) is 19.0 Å². The summed E-state index contributed by atoms with van der Waals surface area (Å²) < 4.78 is 23.0. The number of fused-ring (bicyclic) bond motifs is 1. The lowest BCUT2D eigenvalue weighted by atomic mass is 9.79. The summed E-state index contributed by atoms with van der Waals surface area (Å²) in [7, 11) is -4.95. The number of ether oxygens (including phenoxy) is 1. The van der Waals surface area contributed by atoms with Crippen molar-refractivity contribution in [3.63, 3.8) is 0 Å². The molecule has 0 unspecified atom stereocenters. The Morgan fingerprint density at radius 2 is 1.85 bits per heavy atom. The van der Waals surface area contributed by atoms with Crippen LogP contribution in [0.1, 0.15) is 46.8 Å². The van der Waals surface area contributed by atoms with Gasteiger partial charge in [0, 0.05) is 17.1 Å². The normalized spacial score (nSPS) is 30.1. The average molecular weight is 501 g/mol. The van der Waals surface area contributed by atoms with E-state index in [1.54, 1.807) is 0 Å². The molecule has 0 saturated carbocycles. The summed E-state index contributed by atoms with van der Waals surface area (Å²) in [5, 5.41) is 37.4. The SMILES string of the molecule is CC1(C)CC(Nc2ncnc3c2ncn3[C@@H]2O[C@H](CO)[C@@H](OP(=O)(O)O)[C@H]2O)CC(C)(C)N1[O]. The number of phosphoric ester groups is 1. The second-order valence-corrected chi connectivity index (χ2v) is 11.2. The van der Waals surface area contributed by atoms with Crippen molar-refractivity contribution >= 4 is 24.8 Å². The first-order valence-electron chi connectivity index (χ1n) is 10.8. The quantitative estimate of drug-likeness (QED) is 0.341. The van der Waals surface area contributed by atoms with Crippen molar-refractivity contribution in [1.82, 2.24) is 24.6 Å². The van der Waals surface area contributed by atoms with Gasteiger partial charge in [-0.05, 0) is 40.5 Å². The zero-order chi connectivity index (χ0) is 25.1. The van der Waals surface area contributed by atoms with Crippen LogP contribution in [0.3, 0.4) is 0 Å². The summed E-state index contributed by atoms with van der Waals surface area (Å²) in [4.78, 5) is 31.2. The van der Waals surface area contributed by atoms with Gasteiger partial charge >= 0.3 is 7.82 Å². The molecular formula is C19H30N6O8P. The largest absolute Gasteiger partial charge is 0.470 e. The molecule has 0 amide bonds. The smallest absolute Gasteiger partial charge is 0.394 e. The highest BCUT2D eigenvalue weighted by molar-refractivity contribution is 7.46. The molecule has 2 saturated heterocycles. The van der Waals surface area contributed by atoms with Gasteiger partial charge in [-0.25, -0.2) is 19.5 Å². The topological polar surface area (TPSA) is 195 Å². The van der Waals surface area contributed by atoms with E-state index in [4.69, 9.17) is 14.5 Å². The minimum atomic E-state index is -4.95. The molecule has 0 bridgehead atoms. The molecule has 4 rings (SSSR count). The van der Waals surface area contributed by atoms with E-state index >= 15 is 0 Å². The Morgan fingerprint density at radius 3 is 2.44 bits per heavy atom. The van der Waals surface area contributed by atoms with Gasteiger partial charge in [0.1, 0.15) is 24.6 Å². The van der Waals surface area contributed by atoms with Crippen LogP contribution in [0, 0.1) is 0 Å². The van der Waals surface area contributed by atoms with E-state index in [0.717, 1.165) is 5.06 Å². The number of nitrogens with zero attached hydrogens (tertiary/aromatic N) is 5. The Labute approximate surface area is 195 Å². The lowest BCUT2D eigenvalue weighted by Gasteiger charge is -2.50. The van der Waals surface area contributed by atoms with Gasteiger partial charge in [0.25, 0.3) is 0 Å². The summed E-state index contributed by atoms with van der Waals surface area (Å²) in [6.45, 7) is 6.95. The average Bonchev–Trinajstić information content (AvgIpc) is 3.27. The van der Waals surface area contributed by atoms with Crippen molar-refractivity contribution in [2.45, 2.75) is 82.2 Å². The number of anilines is 1. The van der Waals surface area contributed by atoms with Crippen molar-refractivity contribution in [2.75, 3.05) is 11.9 Å². The second kappa shape index (κ2) is 8.73. The molecule has 2 aliphatic rings. The number of hydrogen-bond donors (Lipinski definition) is 5. The van der Waals surface area contributed by atoms with Gasteiger partial charge in [0.2, 0.25) is 0 Å². The maximum absolute atomic E-state index is 12.7. The number of aliphatic hydroxyl groups excluding tert-OH is 2. The summed E-state index contributed by atoms with van der Waals surface area (Å²) >= 11 is 0. The number of hydroxylamine groups is 2.